The lowest BCUT2D eigenvalue weighted by molar-refractivity contribution is 0.0157. The van der Waals surface area contributed by atoms with Crippen molar-refractivity contribution in [1.82, 2.24) is 9.88 Å². The average Bonchev–Trinajstić information content (AvgIpc) is 3.14. The van der Waals surface area contributed by atoms with E-state index in [-0.39, 0.29) is 0 Å². The standard InChI is InChI=1S/C17H24N2OS/c1-2-7-15(6-1)19-12-17(13-19)9-16(11-21-17)20-10-14-5-3-4-8-18-14/h3-5,8,15-16H,1-2,6-7,9-13H2/t16-/m1/s1. The minimum absolute atomic E-state index is 0.419. The smallest absolute Gasteiger partial charge is 0.0892 e. The number of rotatable bonds is 4. The van der Waals surface area contributed by atoms with E-state index < -0.39 is 0 Å². The van der Waals surface area contributed by atoms with Gasteiger partial charge >= 0.3 is 0 Å². The minimum atomic E-state index is 0.419. The summed E-state index contributed by atoms with van der Waals surface area (Å²) in [6.07, 6.45) is 9.24. The maximum absolute atomic E-state index is 6.08. The fourth-order valence-electron chi connectivity index (χ4n) is 4.04. The van der Waals surface area contributed by atoms with E-state index >= 15 is 0 Å². The number of nitrogens with zero attached hydrogens (tertiary/aromatic N) is 2. The van der Waals surface area contributed by atoms with Crippen molar-refractivity contribution in [3.8, 4) is 0 Å². The maximum Gasteiger partial charge on any atom is 0.0892 e. The number of hydrogen-bond acceptors (Lipinski definition) is 4. The second-order valence-electron chi connectivity index (χ2n) is 6.80. The summed E-state index contributed by atoms with van der Waals surface area (Å²) in [6, 6.07) is 6.92. The Hall–Kier alpha value is -0.580. The van der Waals surface area contributed by atoms with Crippen molar-refractivity contribution in [2.24, 2.45) is 0 Å². The largest absolute Gasteiger partial charge is 0.371 e. The van der Waals surface area contributed by atoms with Crippen LogP contribution in [0.25, 0.3) is 0 Å². The van der Waals surface area contributed by atoms with Crippen molar-refractivity contribution in [1.29, 1.82) is 0 Å². The Morgan fingerprint density at radius 3 is 2.90 bits per heavy atom. The lowest BCUT2D eigenvalue weighted by atomic mass is 9.91. The normalized spacial score (nSPS) is 29.0. The van der Waals surface area contributed by atoms with Gasteiger partial charge in [-0.15, -0.1) is 11.8 Å². The van der Waals surface area contributed by atoms with Gasteiger partial charge in [-0.3, -0.25) is 9.88 Å². The van der Waals surface area contributed by atoms with Gasteiger partial charge in [0, 0.05) is 35.8 Å². The summed E-state index contributed by atoms with van der Waals surface area (Å²) in [5, 5.41) is 0. The summed E-state index contributed by atoms with van der Waals surface area (Å²) in [7, 11) is 0. The first kappa shape index (κ1) is 14.0. The van der Waals surface area contributed by atoms with Gasteiger partial charge in [-0.1, -0.05) is 18.9 Å². The Morgan fingerprint density at radius 2 is 2.14 bits per heavy atom. The molecule has 21 heavy (non-hydrogen) atoms. The van der Waals surface area contributed by atoms with Crippen LogP contribution >= 0.6 is 11.8 Å². The van der Waals surface area contributed by atoms with Crippen LogP contribution in [0.2, 0.25) is 0 Å². The predicted octanol–water partition coefficient (Wildman–Crippen LogP) is 3.10. The molecule has 0 N–H and O–H groups in total. The quantitative estimate of drug-likeness (QED) is 0.853. The molecule has 3 aliphatic rings. The van der Waals surface area contributed by atoms with Crippen LogP contribution in [0.5, 0.6) is 0 Å². The molecule has 3 fully saturated rings. The van der Waals surface area contributed by atoms with Gasteiger partial charge in [0.15, 0.2) is 0 Å². The van der Waals surface area contributed by atoms with E-state index in [4.69, 9.17) is 4.74 Å². The molecule has 3 heterocycles. The molecule has 2 saturated heterocycles. The molecule has 3 nitrogen and oxygen atoms in total. The highest BCUT2D eigenvalue weighted by Crippen LogP contribution is 2.48. The fraction of sp³-hybridized carbons (Fsp3) is 0.706. The number of aromatic nitrogens is 1. The summed E-state index contributed by atoms with van der Waals surface area (Å²) in [5.41, 5.74) is 1.05. The third-order valence-electron chi connectivity index (χ3n) is 5.19. The molecule has 0 aromatic carbocycles. The van der Waals surface area contributed by atoms with Crippen LogP contribution in [0.4, 0.5) is 0 Å². The summed E-state index contributed by atoms with van der Waals surface area (Å²) in [4.78, 5) is 7.06. The topological polar surface area (TPSA) is 25.4 Å². The van der Waals surface area contributed by atoms with Crippen LogP contribution < -0.4 is 0 Å². The average molecular weight is 304 g/mol. The Kier molecular flexibility index (Phi) is 3.94. The highest BCUT2D eigenvalue weighted by molar-refractivity contribution is 8.01. The molecule has 1 aromatic rings. The van der Waals surface area contributed by atoms with Gasteiger partial charge in [-0.25, -0.2) is 0 Å². The third-order valence-corrected chi connectivity index (χ3v) is 6.77. The molecular weight excluding hydrogens is 280 g/mol. The molecular formula is C17H24N2OS. The van der Waals surface area contributed by atoms with E-state index in [2.05, 4.69) is 21.6 Å². The summed E-state index contributed by atoms with van der Waals surface area (Å²) in [5.74, 6) is 1.16. The van der Waals surface area contributed by atoms with Gasteiger partial charge in [0.2, 0.25) is 0 Å². The van der Waals surface area contributed by atoms with Crippen LogP contribution in [0, 0.1) is 0 Å². The number of likely N-dealkylation sites (tertiary alicyclic amines) is 1. The summed E-state index contributed by atoms with van der Waals surface area (Å²) >= 11 is 2.15. The lowest BCUT2D eigenvalue weighted by Crippen LogP contribution is -2.61. The van der Waals surface area contributed by atoms with Crippen LogP contribution in [-0.2, 0) is 11.3 Å². The maximum atomic E-state index is 6.08. The van der Waals surface area contributed by atoms with E-state index in [0.29, 0.717) is 17.5 Å². The zero-order valence-electron chi connectivity index (χ0n) is 12.5. The lowest BCUT2D eigenvalue weighted by Gasteiger charge is -2.50. The summed E-state index contributed by atoms with van der Waals surface area (Å²) < 4.78 is 6.59. The van der Waals surface area contributed by atoms with Crippen molar-refractivity contribution in [3.05, 3.63) is 30.1 Å². The van der Waals surface area contributed by atoms with Crippen LogP contribution in [-0.4, -0.2) is 45.6 Å². The molecule has 0 bridgehead atoms. The first-order valence-electron chi connectivity index (χ1n) is 8.23. The van der Waals surface area contributed by atoms with Crippen molar-refractivity contribution in [3.63, 3.8) is 0 Å². The number of ether oxygens (including phenoxy) is 1. The summed E-state index contributed by atoms with van der Waals surface area (Å²) in [6.45, 7) is 3.26. The monoisotopic (exact) mass is 304 g/mol. The van der Waals surface area contributed by atoms with E-state index in [1.54, 1.807) is 0 Å². The van der Waals surface area contributed by atoms with Gasteiger partial charge in [0.1, 0.15) is 0 Å². The Labute approximate surface area is 131 Å². The Morgan fingerprint density at radius 1 is 1.29 bits per heavy atom. The number of hydrogen-bond donors (Lipinski definition) is 0. The van der Waals surface area contributed by atoms with Crippen LogP contribution in [0.3, 0.4) is 0 Å². The highest BCUT2D eigenvalue weighted by Gasteiger charge is 2.51. The van der Waals surface area contributed by atoms with Gasteiger partial charge in [0.25, 0.3) is 0 Å². The number of thioether (sulfide) groups is 1. The molecule has 4 heteroatoms. The van der Waals surface area contributed by atoms with Gasteiger partial charge < -0.3 is 4.74 Å². The molecule has 1 atom stereocenters. The van der Waals surface area contributed by atoms with E-state index in [1.807, 2.05) is 24.4 Å². The molecule has 114 valence electrons. The SMILES string of the molecule is c1ccc(CO[C@H]2CSC3(C2)CN(C2CCCC2)C3)nc1. The van der Waals surface area contributed by atoms with Crippen LogP contribution in [0.15, 0.2) is 24.4 Å². The van der Waals surface area contributed by atoms with Gasteiger partial charge in [0.05, 0.1) is 18.4 Å². The first-order valence-corrected chi connectivity index (χ1v) is 9.21. The van der Waals surface area contributed by atoms with Crippen molar-refractivity contribution in [2.75, 3.05) is 18.8 Å². The molecule has 0 unspecified atom stereocenters. The second kappa shape index (κ2) is 5.90. The molecule has 1 saturated carbocycles. The molecule has 2 aliphatic heterocycles. The fourth-order valence-corrected chi connectivity index (χ4v) is 5.61. The molecule has 1 spiro atoms. The highest BCUT2D eigenvalue weighted by atomic mass is 32.2. The van der Waals surface area contributed by atoms with E-state index in [9.17, 15) is 0 Å². The van der Waals surface area contributed by atoms with Gasteiger partial charge in [-0.05, 0) is 31.4 Å². The second-order valence-corrected chi connectivity index (χ2v) is 8.28. The molecule has 1 aromatic heterocycles. The first-order chi connectivity index (χ1) is 10.3. The van der Waals surface area contributed by atoms with Crippen molar-refractivity contribution >= 4 is 11.8 Å². The Balaban J connectivity index is 1.24. The van der Waals surface area contributed by atoms with Crippen molar-refractivity contribution in [2.45, 2.75) is 55.6 Å². The number of pyridine rings is 1. The zero-order chi connectivity index (χ0) is 14.1. The van der Waals surface area contributed by atoms with Crippen LogP contribution in [0.1, 0.15) is 37.8 Å². The predicted molar refractivity (Wildman–Crippen MR) is 86.4 cm³/mol. The van der Waals surface area contributed by atoms with E-state index in [1.165, 1.54) is 45.2 Å². The molecule has 0 amide bonds. The van der Waals surface area contributed by atoms with Crippen molar-refractivity contribution < 1.29 is 4.74 Å². The van der Waals surface area contributed by atoms with E-state index in [0.717, 1.165) is 17.5 Å². The zero-order valence-corrected chi connectivity index (χ0v) is 13.4. The molecule has 1 aliphatic carbocycles. The Bertz CT molecular complexity index is 469. The third kappa shape index (κ3) is 2.99. The molecule has 4 rings (SSSR count). The van der Waals surface area contributed by atoms with Gasteiger partial charge in [-0.2, -0.15) is 0 Å². The minimum Gasteiger partial charge on any atom is -0.371 e. The molecule has 0 radical (unpaired) electrons.